The molecule has 29 heavy (non-hydrogen) atoms. The maximum atomic E-state index is 14.4. The number of imide groups is 1. The van der Waals surface area contributed by atoms with Gasteiger partial charge in [0, 0.05) is 7.05 Å². The number of rotatable bonds is 6. The van der Waals surface area contributed by atoms with Crippen LogP contribution >= 0.6 is 11.8 Å². The highest BCUT2D eigenvalue weighted by Gasteiger charge is 2.23. The summed E-state index contributed by atoms with van der Waals surface area (Å²) in [6.07, 6.45) is 0. The van der Waals surface area contributed by atoms with Gasteiger partial charge in [-0.3, -0.25) is 14.7 Å². The van der Waals surface area contributed by atoms with Crippen molar-refractivity contribution >= 4 is 23.7 Å². The van der Waals surface area contributed by atoms with Crippen molar-refractivity contribution < 1.29 is 14.0 Å². The molecule has 2 N–H and O–H groups in total. The van der Waals surface area contributed by atoms with Gasteiger partial charge in [0.15, 0.2) is 11.0 Å². The molecule has 0 saturated carbocycles. The molecule has 150 valence electrons. The third-order valence-corrected chi connectivity index (χ3v) is 5.21. The zero-order valence-electron chi connectivity index (χ0n) is 15.9. The summed E-state index contributed by atoms with van der Waals surface area (Å²) < 4.78 is 16.1. The Labute approximate surface area is 171 Å². The van der Waals surface area contributed by atoms with Gasteiger partial charge in [-0.25, -0.2) is 9.18 Å². The van der Waals surface area contributed by atoms with E-state index in [1.54, 1.807) is 29.7 Å². The Morgan fingerprint density at radius 2 is 1.79 bits per heavy atom. The molecule has 3 rings (SSSR count). The molecule has 3 amide bonds. The lowest BCUT2D eigenvalue weighted by Crippen LogP contribution is -2.41. The molecule has 0 aliphatic rings. The Kier molecular flexibility index (Phi) is 6.61. The van der Waals surface area contributed by atoms with Crippen LogP contribution in [0.3, 0.4) is 0 Å². The number of hydrogen-bond donors (Lipinski definition) is 2. The van der Waals surface area contributed by atoms with Crippen LogP contribution in [0, 0.1) is 5.82 Å². The minimum Gasteiger partial charge on any atom is -0.341 e. The van der Waals surface area contributed by atoms with Crippen LogP contribution in [0.25, 0.3) is 11.4 Å². The van der Waals surface area contributed by atoms with Crippen LogP contribution in [0.2, 0.25) is 0 Å². The maximum Gasteiger partial charge on any atom is 0.321 e. The fourth-order valence-electron chi connectivity index (χ4n) is 2.61. The van der Waals surface area contributed by atoms with Gasteiger partial charge < -0.3 is 5.32 Å². The molecule has 0 bridgehead atoms. The van der Waals surface area contributed by atoms with Crippen molar-refractivity contribution in [2.45, 2.75) is 23.9 Å². The van der Waals surface area contributed by atoms with E-state index in [4.69, 9.17) is 0 Å². The summed E-state index contributed by atoms with van der Waals surface area (Å²) in [5, 5.41) is 12.8. The second kappa shape index (κ2) is 9.33. The summed E-state index contributed by atoms with van der Waals surface area (Å²) in [7, 11) is 1.43. The largest absolute Gasteiger partial charge is 0.341 e. The summed E-state index contributed by atoms with van der Waals surface area (Å²) >= 11 is 1.15. The van der Waals surface area contributed by atoms with Crippen molar-refractivity contribution in [1.82, 2.24) is 25.4 Å². The quantitative estimate of drug-likeness (QED) is 0.607. The number of amides is 3. The number of benzene rings is 2. The number of thioether (sulfide) groups is 1. The summed E-state index contributed by atoms with van der Waals surface area (Å²) in [5.74, 6) is -0.499. The fourth-order valence-corrected chi connectivity index (χ4v) is 3.46. The van der Waals surface area contributed by atoms with Crippen LogP contribution in [0.5, 0.6) is 0 Å². The van der Waals surface area contributed by atoms with Gasteiger partial charge in [-0.2, -0.15) is 0 Å². The van der Waals surface area contributed by atoms with Crippen LogP contribution in [0.1, 0.15) is 12.5 Å². The molecular formula is C20H20FN5O2S. The van der Waals surface area contributed by atoms with E-state index in [9.17, 15) is 14.0 Å². The predicted molar refractivity (Wildman–Crippen MR) is 109 cm³/mol. The lowest BCUT2D eigenvalue weighted by Gasteiger charge is -2.14. The maximum absolute atomic E-state index is 14.4. The minimum atomic E-state index is -0.612. The highest BCUT2D eigenvalue weighted by Crippen LogP contribution is 2.29. The van der Waals surface area contributed by atoms with E-state index in [0.29, 0.717) is 23.1 Å². The number of carbonyl (C=O) groups is 2. The lowest BCUT2D eigenvalue weighted by atomic mass is 10.2. The van der Waals surface area contributed by atoms with Gasteiger partial charge >= 0.3 is 6.03 Å². The van der Waals surface area contributed by atoms with Gasteiger partial charge in [0.2, 0.25) is 5.91 Å². The summed E-state index contributed by atoms with van der Waals surface area (Å²) in [4.78, 5) is 23.6. The van der Waals surface area contributed by atoms with Crippen molar-refractivity contribution in [2.75, 3.05) is 7.05 Å². The Morgan fingerprint density at radius 3 is 2.48 bits per heavy atom. The van der Waals surface area contributed by atoms with E-state index < -0.39 is 23.0 Å². The minimum absolute atomic E-state index is 0.324. The zero-order chi connectivity index (χ0) is 20.8. The van der Waals surface area contributed by atoms with Crippen LogP contribution in [0.4, 0.5) is 9.18 Å². The summed E-state index contributed by atoms with van der Waals surface area (Å²) in [6, 6.07) is 15.4. The third kappa shape index (κ3) is 5.00. The average molecular weight is 413 g/mol. The lowest BCUT2D eigenvalue weighted by molar-refractivity contribution is -0.119. The van der Waals surface area contributed by atoms with Crippen LogP contribution in [-0.4, -0.2) is 39.0 Å². The average Bonchev–Trinajstić information content (AvgIpc) is 3.10. The van der Waals surface area contributed by atoms with Crippen molar-refractivity contribution in [3.05, 3.63) is 66.0 Å². The fraction of sp³-hybridized carbons (Fsp3) is 0.200. The highest BCUT2D eigenvalue weighted by atomic mass is 32.2. The first-order valence-electron chi connectivity index (χ1n) is 8.91. The zero-order valence-corrected chi connectivity index (χ0v) is 16.7. The monoisotopic (exact) mass is 413 g/mol. The molecule has 0 fully saturated rings. The Bertz CT molecular complexity index is 1010. The molecule has 1 atom stereocenters. The Morgan fingerprint density at radius 1 is 1.10 bits per heavy atom. The molecule has 0 unspecified atom stereocenters. The second-order valence-corrected chi connectivity index (χ2v) is 7.49. The topological polar surface area (TPSA) is 88.9 Å². The van der Waals surface area contributed by atoms with Crippen molar-refractivity contribution in [3.63, 3.8) is 0 Å². The number of carbonyl (C=O) groups excluding carboxylic acids is 2. The van der Waals surface area contributed by atoms with Gasteiger partial charge in [0.05, 0.1) is 17.4 Å². The molecule has 0 saturated heterocycles. The van der Waals surface area contributed by atoms with E-state index in [1.165, 1.54) is 13.1 Å². The molecule has 0 radical (unpaired) electrons. The van der Waals surface area contributed by atoms with Crippen LogP contribution < -0.4 is 10.6 Å². The number of nitrogens with zero attached hydrogens (tertiary/aromatic N) is 3. The molecular weight excluding hydrogens is 393 g/mol. The predicted octanol–water partition coefficient (Wildman–Crippen LogP) is 3.07. The molecule has 0 spiro atoms. The van der Waals surface area contributed by atoms with Crippen molar-refractivity contribution in [1.29, 1.82) is 0 Å². The standard InChI is InChI=1S/C20H20FN5O2S/c1-13(18(27)23-19(28)22-2)29-20-25-24-17(15-10-6-7-11-16(15)21)26(20)12-14-8-4-3-5-9-14/h3-11,13H,12H2,1-2H3,(H2,22,23,27,28)/t13-/m1/s1. The smallest absolute Gasteiger partial charge is 0.321 e. The van der Waals surface area contributed by atoms with E-state index in [-0.39, 0.29) is 0 Å². The summed E-state index contributed by atoms with van der Waals surface area (Å²) in [5.41, 5.74) is 1.31. The molecule has 2 aromatic carbocycles. The summed E-state index contributed by atoms with van der Waals surface area (Å²) in [6.45, 7) is 2.07. The molecule has 7 nitrogen and oxygen atoms in total. The Balaban J connectivity index is 1.93. The number of halogens is 1. The molecule has 1 aromatic heterocycles. The molecule has 0 aliphatic heterocycles. The number of urea groups is 1. The van der Waals surface area contributed by atoms with E-state index >= 15 is 0 Å². The SMILES string of the molecule is CNC(=O)NC(=O)[C@@H](C)Sc1nnc(-c2ccccc2F)n1Cc1ccccc1. The van der Waals surface area contributed by atoms with Crippen LogP contribution in [-0.2, 0) is 11.3 Å². The second-order valence-electron chi connectivity index (χ2n) is 6.19. The van der Waals surface area contributed by atoms with Crippen molar-refractivity contribution in [3.8, 4) is 11.4 Å². The normalized spacial score (nSPS) is 11.7. The highest BCUT2D eigenvalue weighted by molar-refractivity contribution is 8.00. The van der Waals surface area contributed by atoms with E-state index in [1.807, 2.05) is 30.3 Å². The van der Waals surface area contributed by atoms with Gasteiger partial charge in [0.1, 0.15) is 5.82 Å². The van der Waals surface area contributed by atoms with Crippen LogP contribution in [0.15, 0.2) is 59.8 Å². The molecule has 9 heteroatoms. The molecule has 1 heterocycles. The molecule has 3 aromatic rings. The number of aromatic nitrogens is 3. The molecule has 0 aliphatic carbocycles. The first kappa shape index (κ1) is 20.5. The first-order valence-corrected chi connectivity index (χ1v) is 9.78. The van der Waals surface area contributed by atoms with E-state index in [0.717, 1.165) is 17.3 Å². The Hall–Kier alpha value is -3.20. The van der Waals surface area contributed by atoms with Gasteiger partial charge in [-0.1, -0.05) is 54.2 Å². The van der Waals surface area contributed by atoms with Gasteiger partial charge in [-0.15, -0.1) is 10.2 Å². The van der Waals surface area contributed by atoms with E-state index in [2.05, 4.69) is 20.8 Å². The van der Waals surface area contributed by atoms with Gasteiger partial charge in [-0.05, 0) is 24.6 Å². The van der Waals surface area contributed by atoms with Gasteiger partial charge in [0.25, 0.3) is 0 Å². The third-order valence-electron chi connectivity index (χ3n) is 4.13. The first-order chi connectivity index (χ1) is 14.0. The number of hydrogen-bond acceptors (Lipinski definition) is 5. The van der Waals surface area contributed by atoms with Crippen molar-refractivity contribution in [2.24, 2.45) is 0 Å². The number of nitrogens with one attached hydrogen (secondary N) is 2.